The van der Waals surface area contributed by atoms with Gasteiger partial charge in [0.15, 0.2) is 5.96 Å². The Morgan fingerprint density at radius 2 is 2.00 bits per heavy atom. The van der Waals surface area contributed by atoms with Crippen LogP contribution in [0.5, 0.6) is 0 Å². The first-order chi connectivity index (χ1) is 13.1. The van der Waals surface area contributed by atoms with Gasteiger partial charge in [0.05, 0.1) is 12.2 Å². The summed E-state index contributed by atoms with van der Waals surface area (Å²) in [4.78, 5) is 27.0. The number of aromatic nitrogens is 2. The number of carbonyl (C=O) groups excluding carboxylic acids is 1. The first-order valence-electron chi connectivity index (χ1n) is 9.37. The van der Waals surface area contributed by atoms with Gasteiger partial charge in [-0.15, -0.1) is 24.0 Å². The molecule has 0 bridgehead atoms. The summed E-state index contributed by atoms with van der Waals surface area (Å²) in [6, 6.07) is 5.99. The third kappa shape index (κ3) is 5.81. The molecule has 0 aromatic carbocycles. The van der Waals surface area contributed by atoms with Gasteiger partial charge in [-0.3, -0.25) is 14.7 Å². The van der Waals surface area contributed by atoms with Crippen molar-refractivity contribution in [1.29, 1.82) is 0 Å². The van der Waals surface area contributed by atoms with E-state index in [9.17, 15) is 4.79 Å². The molecule has 0 saturated carbocycles. The maximum absolute atomic E-state index is 11.7. The van der Waals surface area contributed by atoms with E-state index in [-0.39, 0.29) is 29.9 Å². The molecular formula is C19H30IN7O. The Kier molecular flexibility index (Phi) is 8.49. The second-order valence-corrected chi connectivity index (χ2v) is 6.97. The van der Waals surface area contributed by atoms with E-state index in [1.807, 2.05) is 42.0 Å². The van der Waals surface area contributed by atoms with Crippen LogP contribution in [-0.2, 0) is 11.3 Å². The van der Waals surface area contributed by atoms with Gasteiger partial charge >= 0.3 is 0 Å². The lowest BCUT2D eigenvalue weighted by Crippen LogP contribution is -2.52. The summed E-state index contributed by atoms with van der Waals surface area (Å²) in [5, 5.41) is 3.42. The molecule has 3 rings (SSSR count). The Labute approximate surface area is 183 Å². The quantitative estimate of drug-likeness (QED) is 0.380. The summed E-state index contributed by atoms with van der Waals surface area (Å²) in [7, 11) is 5.42. The number of nitrogens with one attached hydrogen (secondary N) is 1. The van der Waals surface area contributed by atoms with E-state index in [1.54, 1.807) is 19.0 Å². The smallest absolute Gasteiger partial charge is 0.223 e. The lowest BCUT2D eigenvalue weighted by atomic mass is 10.3. The van der Waals surface area contributed by atoms with Crippen molar-refractivity contribution in [2.75, 3.05) is 53.9 Å². The Morgan fingerprint density at radius 3 is 2.64 bits per heavy atom. The van der Waals surface area contributed by atoms with Crippen LogP contribution < -0.4 is 5.32 Å². The first-order valence-corrected chi connectivity index (χ1v) is 9.37. The molecule has 1 aliphatic heterocycles. The maximum atomic E-state index is 11.7. The fourth-order valence-electron chi connectivity index (χ4n) is 3.23. The van der Waals surface area contributed by atoms with E-state index in [2.05, 4.69) is 25.1 Å². The average molecular weight is 499 g/mol. The maximum Gasteiger partial charge on any atom is 0.223 e. The van der Waals surface area contributed by atoms with Crippen LogP contribution in [0.4, 0.5) is 0 Å². The molecule has 1 fully saturated rings. The van der Waals surface area contributed by atoms with Crippen LogP contribution in [0, 0.1) is 0 Å². The third-order valence-electron chi connectivity index (χ3n) is 4.87. The molecule has 1 aliphatic rings. The molecule has 1 N–H and O–H groups in total. The van der Waals surface area contributed by atoms with E-state index in [4.69, 9.17) is 0 Å². The number of imidazole rings is 1. The summed E-state index contributed by atoms with van der Waals surface area (Å²) in [5.41, 5.74) is 1.94. The summed E-state index contributed by atoms with van der Waals surface area (Å²) >= 11 is 0. The van der Waals surface area contributed by atoms with Crippen molar-refractivity contribution in [2.45, 2.75) is 13.0 Å². The summed E-state index contributed by atoms with van der Waals surface area (Å²) < 4.78 is 2.02. The number of hydrogen-bond acceptors (Lipinski definition) is 4. The predicted octanol–water partition coefficient (Wildman–Crippen LogP) is 1.12. The summed E-state index contributed by atoms with van der Waals surface area (Å²) in [6.07, 6.45) is 4.62. The number of halogens is 1. The molecule has 1 amide bonds. The van der Waals surface area contributed by atoms with Crippen LogP contribution in [0.2, 0.25) is 0 Å². The lowest BCUT2D eigenvalue weighted by molar-refractivity contribution is -0.129. The molecular weight excluding hydrogens is 469 g/mol. The fourth-order valence-corrected chi connectivity index (χ4v) is 3.23. The molecule has 0 atom stereocenters. The Hall–Kier alpha value is -1.88. The minimum Gasteiger partial charge on any atom is -0.351 e. The molecule has 0 spiro atoms. The van der Waals surface area contributed by atoms with E-state index >= 15 is 0 Å². The highest BCUT2D eigenvalue weighted by molar-refractivity contribution is 14.0. The number of nitrogens with zero attached hydrogens (tertiary/aromatic N) is 6. The SMILES string of the molecule is CN=C(NCc1cn2ccccc2n1)N1CCN(CCC(=O)N(C)C)CC1.I. The van der Waals surface area contributed by atoms with Gasteiger partial charge in [0.2, 0.25) is 5.91 Å². The van der Waals surface area contributed by atoms with Crippen molar-refractivity contribution >= 4 is 41.5 Å². The van der Waals surface area contributed by atoms with Gasteiger partial charge in [-0.1, -0.05) is 6.07 Å². The van der Waals surface area contributed by atoms with E-state index in [0.29, 0.717) is 13.0 Å². The largest absolute Gasteiger partial charge is 0.351 e. The topological polar surface area (TPSA) is 68.5 Å². The number of hydrogen-bond donors (Lipinski definition) is 1. The lowest BCUT2D eigenvalue weighted by Gasteiger charge is -2.36. The molecule has 8 nitrogen and oxygen atoms in total. The molecule has 2 aromatic heterocycles. The van der Waals surface area contributed by atoms with Crippen LogP contribution in [-0.4, -0.2) is 89.8 Å². The average Bonchev–Trinajstić information content (AvgIpc) is 3.10. The molecule has 9 heteroatoms. The van der Waals surface area contributed by atoms with E-state index < -0.39 is 0 Å². The zero-order valence-electron chi connectivity index (χ0n) is 16.8. The molecule has 1 saturated heterocycles. The highest BCUT2D eigenvalue weighted by Gasteiger charge is 2.20. The minimum atomic E-state index is 0. The molecule has 28 heavy (non-hydrogen) atoms. The summed E-state index contributed by atoms with van der Waals surface area (Å²) in [6.45, 7) is 5.15. The van der Waals surface area contributed by atoms with Gasteiger partial charge in [0.1, 0.15) is 5.65 Å². The number of pyridine rings is 1. The van der Waals surface area contributed by atoms with Crippen molar-refractivity contribution in [3.05, 3.63) is 36.3 Å². The van der Waals surface area contributed by atoms with Crippen LogP contribution in [0.3, 0.4) is 0 Å². The van der Waals surface area contributed by atoms with Crippen LogP contribution >= 0.6 is 24.0 Å². The minimum absolute atomic E-state index is 0. The predicted molar refractivity (Wildman–Crippen MR) is 122 cm³/mol. The number of guanidine groups is 1. The monoisotopic (exact) mass is 499 g/mol. The van der Waals surface area contributed by atoms with Gasteiger partial charge in [-0.2, -0.15) is 0 Å². The molecule has 2 aromatic rings. The highest BCUT2D eigenvalue weighted by atomic mass is 127. The van der Waals surface area contributed by atoms with Gasteiger partial charge in [-0.05, 0) is 12.1 Å². The zero-order chi connectivity index (χ0) is 19.2. The van der Waals surface area contributed by atoms with E-state index in [1.165, 1.54) is 0 Å². The van der Waals surface area contributed by atoms with Gasteiger partial charge in [0, 0.05) is 72.7 Å². The molecule has 3 heterocycles. The van der Waals surface area contributed by atoms with Crippen LogP contribution in [0.25, 0.3) is 5.65 Å². The normalized spacial score (nSPS) is 15.4. The Morgan fingerprint density at radius 1 is 1.25 bits per heavy atom. The van der Waals surface area contributed by atoms with Gasteiger partial charge in [0.25, 0.3) is 0 Å². The molecule has 0 aliphatic carbocycles. The van der Waals surface area contributed by atoms with Crippen molar-refractivity contribution in [1.82, 2.24) is 29.4 Å². The van der Waals surface area contributed by atoms with Crippen molar-refractivity contribution in [3.63, 3.8) is 0 Å². The zero-order valence-corrected chi connectivity index (χ0v) is 19.2. The first kappa shape index (κ1) is 22.4. The van der Waals surface area contributed by atoms with Crippen molar-refractivity contribution in [2.24, 2.45) is 4.99 Å². The van der Waals surface area contributed by atoms with Crippen molar-refractivity contribution < 1.29 is 4.79 Å². The van der Waals surface area contributed by atoms with Crippen LogP contribution in [0.15, 0.2) is 35.6 Å². The second-order valence-electron chi connectivity index (χ2n) is 6.97. The number of fused-ring (bicyclic) bond motifs is 1. The molecule has 0 unspecified atom stereocenters. The van der Waals surface area contributed by atoms with E-state index in [0.717, 1.165) is 50.0 Å². The Bertz CT molecular complexity index is 763. The van der Waals surface area contributed by atoms with Crippen LogP contribution in [0.1, 0.15) is 12.1 Å². The third-order valence-corrected chi connectivity index (χ3v) is 4.87. The van der Waals surface area contributed by atoms with Crippen molar-refractivity contribution in [3.8, 4) is 0 Å². The highest BCUT2D eigenvalue weighted by Crippen LogP contribution is 2.06. The standard InChI is InChI=1S/C19H29N7O.HI/c1-20-19(21-14-16-15-26-8-5-4-6-17(26)22-16)25-12-10-24(11-13-25)9-7-18(27)23(2)3;/h4-6,8,15H,7,9-14H2,1-3H3,(H,20,21);1H. The number of carbonyl (C=O) groups is 1. The number of aliphatic imine (C=N–C) groups is 1. The number of rotatable bonds is 5. The fraction of sp³-hybridized carbons (Fsp3) is 0.526. The second kappa shape index (κ2) is 10.6. The number of piperazine rings is 1. The molecule has 0 radical (unpaired) electrons. The van der Waals surface area contributed by atoms with Gasteiger partial charge < -0.3 is 19.5 Å². The number of amides is 1. The Balaban J connectivity index is 0.00000280. The summed E-state index contributed by atoms with van der Waals surface area (Å²) in [5.74, 6) is 1.08. The van der Waals surface area contributed by atoms with Gasteiger partial charge in [-0.25, -0.2) is 4.98 Å². The molecule has 154 valence electrons.